The Kier molecular flexibility index (Phi) is 4.48. The standard InChI is InChI=1S/C13H16BrN3S/c1-8-9(2)18-13(17-8)5-12(15-3)10-4-11(14)7-16-6-10/h4,6-7,12,15H,5H2,1-3H3. The fourth-order valence-corrected chi connectivity index (χ4v) is 3.17. The lowest BCUT2D eigenvalue weighted by molar-refractivity contribution is 0.587. The number of nitrogens with one attached hydrogen (secondary N) is 1. The van der Waals surface area contributed by atoms with E-state index >= 15 is 0 Å². The van der Waals surface area contributed by atoms with Crippen molar-refractivity contribution in [2.24, 2.45) is 0 Å². The molecule has 0 aliphatic carbocycles. The molecule has 0 aromatic carbocycles. The molecule has 2 aromatic rings. The zero-order chi connectivity index (χ0) is 13.1. The molecule has 3 nitrogen and oxygen atoms in total. The summed E-state index contributed by atoms with van der Waals surface area (Å²) in [6.45, 7) is 4.18. The maximum atomic E-state index is 4.59. The fraction of sp³-hybridized carbons (Fsp3) is 0.385. The average molecular weight is 326 g/mol. The largest absolute Gasteiger partial charge is 0.313 e. The summed E-state index contributed by atoms with van der Waals surface area (Å²) in [5.41, 5.74) is 2.31. The maximum Gasteiger partial charge on any atom is 0.0949 e. The van der Waals surface area contributed by atoms with Gasteiger partial charge in [0.25, 0.3) is 0 Å². The zero-order valence-electron chi connectivity index (χ0n) is 10.7. The minimum Gasteiger partial charge on any atom is -0.313 e. The Morgan fingerprint density at radius 2 is 2.17 bits per heavy atom. The zero-order valence-corrected chi connectivity index (χ0v) is 13.1. The summed E-state index contributed by atoms with van der Waals surface area (Å²) in [5.74, 6) is 0. The Morgan fingerprint density at radius 3 is 2.72 bits per heavy atom. The Bertz CT molecular complexity index is 519. The Hall–Kier alpha value is -0.780. The van der Waals surface area contributed by atoms with Gasteiger partial charge in [-0.1, -0.05) is 0 Å². The van der Waals surface area contributed by atoms with Gasteiger partial charge >= 0.3 is 0 Å². The topological polar surface area (TPSA) is 37.8 Å². The first-order valence-electron chi connectivity index (χ1n) is 5.80. The van der Waals surface area contributed by atoms with Gasteiger partial charge in [-0.2, -0.15) is 0 Å². The van der Waals surface area contributed by atoms with Crippen LogP contribution in [0, 0.1) is 13.8 Å². The number of pyridine rings is 1. The highest BCUT2D eigenvalue weighted by atomic mass is 79.9. The molecule has 1 N–H and O–H groups in total. The molecule has 2 heterocycles. The summed E-state index contributed by atoms with van der Waals surface area (Å²) in [6.07, 6.45) is 4.60. The number of nitrogens with zero attached hydrogens (tertiary/aromatic N) is 2. The van der Waals surface area contributed by atoms with E-state index in [1.165, 1.54) is 15.4 Å². The predicted molar refractivity (Wildman–Crippen MR) is 79.0 cm³/mol. The van der Waals surface area contributed by atoms with E-state index < -0.39 is 0 Å². The van der Waals surface area contributed by atoms with Crippen molar-refractivity contribution >= 4 is 27.3 Å². The quantitative estimate of drug-likeness (QED) is 0.935. The van der Waals surface area contributed by atoms with Crippen LogP contribution in [0.4, 0.5) is 0 Å². The minimum absolute atomic E-state index is 0.250. The van der Waals surface area contributed by atoms with Crippen molar-refractivity contribution in [1.29, 1.82) is 0 Å². The summed E-state index contributed by atoms with van der Waals surface area (Å²) in [4.78, 5) is 10.1. The molecule has 0 fully saturated rings. The van der Waals surface area contributed by atoms with E-state index in [0.29, 0.717) is 0 Å². The molecule has 0 saturated heterocycles. The number of hydrogen-bond donors (Lipinski definition) is 1. The molecular formula is C13H16BrN3S. The van der Waals surface area contributed by atoms with E-state index in [9.17, 15) is 0 Å². The van der Waals surface area contributed by atoms with Crippen LogP contribution in [0.25, 0.3) is 0 Å². The van der Waals surface area contributed by atoms with Crippen LogP contribution in [0.5, 0.6) is 0 Å². The van der Waals surface area contributed by atoms with Gasteiger partial charge in [-0.15, -0.1) is 11.3 Å². The summed E-state index contributed by atoms with van der Waals surface area (Å²) in [6, 6.07) is 2.35. The number of halogens is 1. The van der Waals surface area contributed by atoms with Gasteiger partial charge in [0.1, 0.15) is 0 Å². The van der Waals surface area contributed by atoms with Crippen molar-refractivity contribution in [2.75, 3.05) is 7.05 Å². The van der Waals surface area contributed by atoms with Gasteiger partial charge in [-0.05, 0) is 48.5 Å². The van der Waals surface area contributed by atoms with Crippen LogP contribution >= 0.6 is 27.3 Å². The van der Waals surface area contributed by atoms with Crippen LogP contribution in [0.2, 0.25) is 0 Å². The number of aryl methyl sites for hydroxylation is 2. The number of aromatic nitrogens is 2. The lowest BCUT2D eigenvalue weighted by Crippen LogP contribution is -2.19. The van der Waals surface area contributed by atoms with Crippen LogP contribution in [-0.2, 0) is 6.42 Å². The maximum absolute atomic E-state index is 4.59. The summed E-state index contributed by atoms with van der Waals surface area (Å²) >= 11 is 5.23. The molecule has 0 radical (unpaired) electrons. The average Bonchev–Trinajstić information content (AvgIpc) is 2.65. The normalized spacial score (nSPS) is 12.7. The van der Waals surface area contributed by atoms with Gasteiger partial charge < -0.3 is 5.32 Å². The second-order valence-electron chi connectivity index (χ2n) is 4.23. The number of hydrogen-bond acceptors (Lipinski definition) is 4. The van der Waals surface area contributed by atoms with Gasteiger partial charge in [0.15, 0.2) is 0 Å². The van der Waals surface area contributed by atoms with Gasteiger partial charge in [0.05, 0.1) is 10.7 Å². The van der Waals surface area contributed by atoms with E-state index in [0.717, 1.165) is 16.6 Å². The molecule has 5 heteroatoms. The van der Waals surface area contributed by atoms with Crippen LogP contribution in [0.1, 0.15) is 27.2 Å². The van der Waals surface area contributed by atoms with Crippen molar-refractivity contribution < 1.29 is 0 Å². The third kappa shape index (κ3) is 3.16. The highest BCUT2D eigenvalue weighted by molar-refractivity contribution is 9.10. The summed E-state index contributed by atoms with van der Waals surface area (Å²) < 4.78 is 1.01. The van der Waals surface area contributed by atoms with Crippen molar-refractivity contribution in [3.63, 3.8) is 0 Å². The highest BCUT2D eigenvalue weighted by Crippen LogP contribution is 2.24. The van der Waals surface area contributed by atoms with Crippen molar-refractivity contribution in [3.8, 4) is 0 Å². The SMILES string of the molecule is CNC(Cc1nc(C)c(C)s1)c1cncc(Br)c1. The molecule has 0 saturated carbocycles. The van der Waals surface area contributed by atoms with Crippen LogP contribution < -0.4 is 5.32 Å². The predicted octanol–water partition coefficient (Wildman–Crippen LogP) is 3.42. The van der Waals surface area contributed by atoms with Gasteiger partial charge in [0, 0.05) is 34.2 Å². The molecule has 96 valence electrons. The molecule has 0 spiro atoms. The molecule has 1 atom stereocenters. The van der Waals surface area contributed by atoms with E-state index in [1.54, 1.807) is 17.5 Å². The first-order chi connectivity index (χ1) is 8.60. The van der Waals surface area contributed by atoms with E-state index in [-0.39, 0.29) is 6.04 Å². The lowest BCUT2D eigenvalue weighted by Gasteiger charge is -2.14. The first-order valence-corrected chi connectivity index (χ1v) is 7.41. The number of likely N-dealkylation sites (N-methyl/N-ethyl adjacent to an activating group) is 1. The van der Waals surface area contributed by atoms with Crippen LogP contribution in [-0.4, -0.2) is 17.0 Å². The molecule has 0 bridgehead atoms. The van der Waals surface area contributed by atoms with Crippen LogP contribution in [0.3, 0.4) is 0 Å². The molecular weight excluding hydrogens is 310 g/mol. The molecule has 0 aliphatic rings. The van der Waals surface area contributed by atoms with Crippen molar-refractivity contribution in [3.05, 3.63) is 44.1 Å². The second-order valence-corrected chi connectivity index (χ2v) is 6.43. The molecule has 18 heavy (non-hydrogen) atoms. The summed E-state index contributed by atoms with van der Waals surface area (Å²) in [5, 5.41) is 4.50. The second kappa shape index (κ2) is 5.91. The fourth-order valence-electron chi connectivity index (χ4n) is 1.81. The smallest absolute Gasteiger partial charge is 0.0949 e. The molecule has 0 amide bonds. The summed E-state index contributed by atoms with van der Waals surface area (Å²) in [7, 11) is 1.97. The van der Waals surface area contributed by atoms with Crippen LogP contribution in [0.15, 0.2) is 22.9 Å². The Labute approximate surface area is 120 Å². The number of thiazole rings is 1. The number of rotatable bonds is 4. The van der Waals surface area contributed by atoms with E-state index in [2.05, 4.69) is 51.1 Å². The van der Waals surface area contributed by atoms with Gasteiger partial charge in [0.2, 0.25) is 0 Å². The van der Waals surface area contributed by atoms with Gasteiger partial charge in [-0.3, -0.25) is 4.98 Å². The Balaban J connectivity index is 2.19. The van der Waals surface area contributed by atoms with E-state index in [1.807, 2.05) is 13.2 Å². The third-order valence-electron chi connectivity index (χ3n) is 2.93. The molecule has 2 aromatic heterocycles. The molecule has 1 unspecified atom stereocenters. The minimum atomic E-state index is 0.250. The Morgan fingerprint density at radius 1 is 1.39 bits per heavy atom. The van der Waals surface area contributed by atoms with Crippen molar-refractivity contribution in [2.45, 2.75) is 26.3 Å². The third-order valence-corrected chi connectivity index (χ3v) is 4.46. The lowest BCUT2D eigenvalue weighted by atomic mass is 10.1. The van der Waals surface area contributed by atoms with Gasteiger partial charge in [-0.25, -0.2) is 4.98 Å². The van der Waals surface area contributed by atoms with Crippen molar-refractivity contribution in [1.82, 2.24) is 15.3 Å². The molecule has 2 rings (SSSR count). The highest BCUT2D eigenvalue weighted by Gasteiger charge is 2.14. The molecule has 0 aliphatic heterocycles. The first kappa shape index (κ1) is 13.6. The van der Waals surface area contributed by atoms with E-state index in [4.69, 9.17) is 0 Å². The monoisotopic (exact) mass is 325 g/mol.